The summed E-state index contributed by atoms with van der Waals surface area (Å²) in [7, 11) is 0. The Kier molecular flexibility index (Phi) is 2.32. The molecule has 0 spiro atoms. The zero-order valence-electron chi connectivity index (χ0n) is 6.77. The number of carboxylic acid groups (broad SMARTS) is 1. The van der Waals surface area contributed by atoms with E-state index >= 15 is 0 Å². The summed E-state index contributed by atoms with van der Waals surface area (Å²) >= 11 is 0. The van der Waals surface area contributed by atoms with E-state index in [2.05, 4.69) is 5.10 Å². The number of anilines is 1. The Morgan fingerprint density at radius 2 is 2.58 bits per heavy atom. The summed E-state index contributed by atoms with van der Waals surface area (Å²) in [6, 6.07) is -0.609. The Balaban J connectivity index is 2.87. The lowest BCUT2D eigenvalue weighted by Gasteiger charge is -2.08. The molecule has 0 aromatic carbocycles. The quantitative estimate of drug-likeness (QED) is 0.690. The highest BCUT2D eigenvalue weighted by Crippen LogP contribution is 2.11. The Morgan fingerprint density at radius 3 is 2.92 bits per heavy atom. The topological polar surface area (TPSA) is 81.1 Å². The summed E-state index contributed by atoms with van der Waals surface area (Å²) in [5, 5.41) is 12.6. The first-order chi connectivity index (χ1) is 5.65. The van der Waals surface area contributed by atoms with Crippen LogP contribution >= 0.6 is 0 Å². The first kappa shape index (κ1) is 8.58. The number of carbonyl (C=O) groups is 1. The molecule has 1 rings (SSSR count). The Morgan fingerprint density at radius 1 is 1.92 bits per heavy atom. The number of nitrogens with zero attached hydrogens (tertiary/aromatic N) is 2. The van der Waals surface area contributed by atoms with Crippen LogP contribution in [-0.4, -0.2) is 20.9 Å². The van der Waals surface area contributed by atoms with Gasteiger partial charge in [-0.15, -0.1) is 0 Å². The van der Waals surface area contributed by atoms with Crippen molar-refractivity contribution in [1.29, 1.82) is 0 Å². The number of carboxylic acids is 1. The van der Waals surface area contributed by atoms with E-state index in [1.807, 2.05) is 0 Å². The summed E-state index contributed by atoms with van der Waals surface area (Å²) in [4.78, 5) is 10.6. The van der Waals surface area contributed by atoms with Crippen molar-refractivity contribution in [3.8, 4) is 0 Å². The third-order valence-corrected chi connectivity index (χ3v) is 1.61. The van der Waals surface area contributed by atoms with Crippen molar-refractivity contribution in [3.05, 3.63) is 12.4 Å². The fourth-order valence-electron chi connectivity index (χ4n) is 0.998. The van der Waals surface area contributed by atoms with Crippen LogP contribution in [0.2, 0.25) is 0 Å². The van der Waals surface area contributed by atoms with Crippen LogP contribution in [0.25, 0.3) is 0 Å². The lowest BCUT2D eigenvalue weighted by molar-refractivity contribution is -0.141. The maximum Gasteiger partial charge on any atom is 0.328 e. The molecule has 0 aliphatic rings. The second-order valence-electron chi connectivity index (χ2n) is 2.52. The van der Waals surface area contributed by atoms with Gasteiger partial charge in [-0.2, -0.15) is 5.10 Å². The molecule has 1 aromatic rings. The van der Waals surface area contributed by atoms with E-state index in [0.717, 1.165) is 0 Å². The summed E-state index contributed by atoms with van der Waals surface area (Å²) in [5.74, 6) is -0.888. The van der Waals surface area contributed by atoms with Gasteiger partial charge in [-0.1, -0.05) is 6.92 Å². The molecule has 0 saturated carbocycles. The van der Waals surface area contributed by atoms with E-state index in [1.165, 1.54) is 17.1 Å². The molecule has 0 saturated heterocycles. The summed E-state index contributed by atoms with van der Waals surface area (Å²) in [6.07, 6.45) is 3.45. The van der Waals surface area contributed by atoms with Gasteiger partial charge in [0.15, 0.2) is 0 Å². The van der Waals surface area contributed by atoms with Gasteiger partial charge in [0.05, 0.1) is 11.9 Å². The number of rotatable bonds is 3. The van der Waals surface area contributed by atoms with E-state index in [-0.39, 0.29) is 0 Å². The fraction of sp³-hybridized carbons (Fsp3) is 0.429. The molecule has 1 aromatic heterocycles. The Hall–Kier alpha value is -1.52. The normalized spacial score (nSPS) is 12.8. The number of hydrogen-bond donors (Lipinski definition) is 2. The van der Waals surface area contributed by atoms with E-state index in [1.54, 1.807) is 6.92 Å². The van der Waals surface area contributed by atoms with Crippen molar-refractivity contribution in [2.24, 2.45) is 0 Å². The van der Waals surface area contributed by atoms with Crippen LogP contribution in [0, 0.1) is 0 Å². The molecule has 3 N–H and O–H groups in total. The van der Waals surface area contributed by atoms with Crippen molar-refractivity contribution in [2.75, 3.05) is 5.73 Å². The van der Waals surface area contributed by atoms with E-state index in [4.69, 9.17) is 10.8 Å². The van der Waals surface area contributed by atoms with Gasteiger partial charge in [0.2, 0.25) is 0 Å². The molecule has 0 radical (unpaired) electrons. The number of nitrogens with two attached hydrogens (primary N) is 1. The zero-order chi connectivity index (χ0) is 9.14. The van der Waals surface area contributed by atoms with Crippen LogP contribution < -0.4 is 5.73 Å². The highest BCUT2D eigenvalue weighted by Gasteiger charge is 2.17. The van der Waals surface area contributed by atoms with Gasteiger partial charge < -0.3 is 10.8 Å². The van der Waals surface area contributed by atoms with Gasteiger partial charge in [0, 0.05) is 6.20 Å². The molecule has 1 heterocycles. The molecule has 1 atom stereocenters. The van der Waals surface area contributed by atoms with Crippen molar-refractivity contribution < 1.29 is 9.90 Å². The van der Waals surface area contributed by atoms with Crippen molar-refractivity contribution in [2.45, 2.75) is 19.4 Å². The molecule has 0 amide bonds. The maximum absolute atomic E-state index is 10.6. The van der Waals surface area contributed by atoms with Crippen LogP contribution in [0.4, 0.5) is 5.69 Å². The van der Waals surface area contributed by atoms with Crippen LogP contribution in [0.15, 0.2) is 12.4 Å². The van der Waals surface area contributed by atoms with Crippen molar-refractivity contribution in [1.82, 2.24) is 9.78 Å². The molecule has 0 aliphatic heterocycles. The predicted molar refractivity (Wildman–Crippen MR) is 43.6 cm³/mol. The van der Waals surface area contributed by atoms with Crippen molar-refractivity contribution in [3.63, 3.8) is 0 Å². The largest absolute Gasteiger partial charge is 0.480 e. The highest BCUT2D eigenvalue weighted by molar-refractivity contribution is 5.71. The smallest absolute Gasteiger partial charge is 0.328 e. The lowest BCUT2D eigenvalue weighted by Crippen LogP contribution is -2.18. The second kappa shape index (κ2) is 3.25. The third-order valence-electron chi connectivity index (χ3n) is 1.61. The van der Waals surface area contributed by atoms with Crippen molar-refractivity contribution >= 4 is 11.7 Å². The van der Waals surface area contributed by atoms with Gasteiger partial charge in [-0.25, -0.2) is 4.79 Å². The molecular weight excluding hydrogens is 158 g/mol. The summed E-state index contributed by atoms with van der Waals surface area (Å²) < 4.78 is 1.36. The highest BCUT2D eigenvalue weighted by atomic mass is 16.4. The number of hydrogen-bond acceptors (Lipinski definition) is 3. The standard InChI is InChI=1S/C7H11N3O2/c1-2-6(7(11)12)10-4-5(8)3-9-10/h3-4,6H,2,8H2,1H3,(H,11,12). The Labute approximate surface area is 69.8 Å². The third kappa shape index (κ3) is 1.55. The minimum atomic E-state index is -0.888. The molecule has 1 unspecified atom stereocenters. The van der Waals surface area contributed by atoms with Gasteiger partial charge >= 0.3 is 5.97 Å². The molecule has 12 heavy (non-hydrogen) atoms. The van der Waals surface area contributed by atoms with Gasteiger partial charge in [0.1, 0.15) is 6.04 Å². The van der Waals surface area contributed by atoms with Gasteiger partial charge in [-0.05, 0) is 6.42 Å². The van der Waals surface area contributed by atoms with Crippen LogP contribution in [-0.2, 0) is 4.79 Å². The minimum absolute atomic E-state index is 0.481. The first-order valence-electron chi connectivity index (χ1n) is 3.67. The molecule has 5 nitrogen and oxygen atoms in total. The van der Waals surface area contributed by atoms with Crippen LogP contribution in [0.1, 0.15) is 19.4 Å². The molecule has 0 aliphatic carbocycles. The molecular formula is C7H11N3O2. The minimum Gasteiger partial charge on any atom is -0.480 e. The molecule has 5 heteroatoms. The number of aliphatic carboxylic acids is 1. The lowest BCUT2D eigenvalue weighted by atomic mass is 10.2. The first-order valence-corrected chi connectivity index (χ1v) is 3.67. The summed E-state index contributed by atoms with van der Waals surface area (Å²) in [5.41, 5.74) is 5.88. The summed E-state index contributed by atoms with van der Waals surface area (Å²) in [6.45, 7) is 1.79. The molecule has 0 fully saturated rings. The number of aromatic nitrogens is 2. The second-order valence-corrected chi connectivity index (χ2v) is 2.52. The monoisotopic (exact) mass is 169 g/mol. The number of nitrogen functional groups attached to an aromatic ring is 1. The van der Waals surface area contributed by atoms with E-state index < -0.39 is 12.0 Å². The Bertz CT molecular complexity index is 282. The van der Waals surface area contributed by atoms with Gasteiger partial charge in [0.25, 0.3) is 0 Å². The van der Waals surface area contributed by atoms with Crippen LogP contribution in [0.5, 0.6) is 0 Å². The average Bonchev–Trinajstić information content (AvgIpc) is 2.37. The van der Waals surface area contributed by atoms with E-state index in [9.17, 15) is 4.79 Å². The SMILES string of the molecule is CCC(C(=O)O)n1cc(N)cn1. The van der Waals surface area contributed by atoms with Gasteiger partial charge in [-0.3, -0.25) is 4.68 Å². The fourth-order valence-corrected chi connectivity index (χ4v) is 0.998. The molecule has 66 valence electrons. The van der Waals surface area contributed by atoms with E-state index in [0.29, 0.717) is 12.1 Å². The zero-order valence-corrected chi connectivity index (χ0v) is 6.77. The predicted octanol–water partition coefficient (Wildman–Crippen LogP) is 0.501. The maximum atomic E-state index is 10.6. The van der Waals surface area contributed by atoms with Crippen LogP contribution in [0.3, 0.4) is 0 Å². The average molecular weight is 169 g/mol. The molecule has 0 bridgehead atoms.